The fourth-order valence-corrected chi connectivity index (χ4v) is 2.18. The average molecular weight is 228 g/mol. The van der Waals surface area contributed by atoms with E-state index in [0.29, 0.717) is 0 Å². The van der Waals surface area contributed by atoms with E-state index in [4.69, 9.17) is 5.11 Å². The summed E-state index contributed by atoms with van der Waals surface area (Å²) in [7, 11) is 0. The Labute approximate surface area is 98.0 Å². The van der Waals surface area contributed by atoms with Gasteiger partial charge in [0.25, 0.3) is 0 Å². The molecule has 1 rings (SSSR count). The van der Waals surface area contributed by atoms with E-state index in [0.717, 1.165) is 26.1 Å². The minimum atomic E-state index is -0.747. The summed E-state index contributed by atoms with van der Waals surface area (Å²) < 4.78 is 0. The van der Waals surface area contributed by atoms with Gasteiger partial charge in [-0.25, -0.2) is 4.79 Å². The van der Waals surface area contributed by atoms with Crippen LogP contribution in [0.1, 0.15) is 45.4 Å². The fourth-order valence-electron chi connectivity index (χ4n) is 2.18. The van der Waals surface area contributed by atoms with Gasteiger partial charge >= 0.3 is 5.97 Å². The Morgan fingerprint density at radius 3 is 2.69 bits per heavy atom. The van der Waals surface area contributed by atoms with Crippen molar-refractivity contribution in [3.8, 4) is 0 Å². The third kappa shape index (κ3) is 4.49. The number of carboxylic acids is 1. The zero-order valence-electron chi connectivity index (χ0n) is 10.2. The molecule has 1 unspecified atom stereocenters. The van der Waals surface area contributed by atoms with Gasteiger partial charge in [-0.05, 0) is 6.42 Å². The van der Waals surface area contributed by atoms with Crippen molar-refractivity contribution in [3.63, 3.8) is 0 Å². The van der Waals surface area contributed by atoms with Gasteiger partial charge in [-0.1, -0.05) is 39.0 Å². The summed E-state index contributed by atoms with van der Waals surface area (Å²) in [5.74, 6) is -0.747. The summed E-state index contributed by atoms with van der Waals surface area (Å²) in [6, 6.07) is 0. The normalized spacial score (nSPS) is 21.4. The summed E-state index contributed by atoms with van der Waals surface area (Å²) in [4.78, 5) is 12.9. The molecule has 4 nitrogen and oxygen atoms in total. The van der Waals surface area contributed by atoms with E-state index < -0.39 is 12.1 Å². The maximum atomic E-state index is 10.9. The van der Waals surface area contributed by atoms with E-state index in [-0.39, 0.29) is 0 Å². The van der Waals surface area contributed by atoms with E-state index in [1.807, 2.05) is 4.90 Å². The molecule has 2 N–H and O–H groups in total. The summed E-state index contributed by atoms with van der Waals surface area (Å²) in [6.45, 7) is 4.79. The van der Waals surface area contributed by atoms with Crippen LogP contribution in [0, 0.1) is 0 Å². The lowest BCUT2D eigenvalue weighted by Crippen LogP contribution is -2.42. The molecule has 0 aromatic rings. The highest BCUT2D eigenvalue weighted by Gasteiger charge is 2.28. The number of nitrogens with one attached hydrogen (secondary N) is 1. The largest absolute Gasteiger partial charge is 0.479 e. The highest BCUT2D eigenvalue weighted by Crippen LogP contribution is 2.09. The second-order valence-electron chi connectivity index (χ2n) is 4.50. The van der Waals surface area contributed by atoms with Crippen molar-refractivity contribution in [1.82, 2.24) is 10.2 Å². The predicted octanol–water partition coefficient (Wildman–Crippen LogP) is 1.66. The molecule has 1 atom stereocenters. The molecule has 1 saturated heterocycles. The molecule has 0 aliphatic carbocycles. The number of carbonyl (C=O) groups is 1. The first-order chi connectivity index (χ1) is 7.75. The Hall–Kier alpha value is -0.610. The smallest absolute Gasteiger partial charge is 0.335 e. The first-order valence-corrected chi connectivity index (χ1v) is 6.46. The third-order valence-electron chi connectivity index (χ3n) is 3.13. The lowest BCUT2D eigenvalue weighted by molar-refractivity contribution is -0.142. The minimum absolute atomic E-state index is 0.448. The molecule has 0 spiro atoms. The zero-order valence-corrected chi connectivity index (χ0v) is 10.2. The van der Waals surface area contributed by atoms with Crippen molar-refractivity contribution in [3.05, 3.63) is 0 Å². The predicted molar refractivity (Wildman–Crippen MR) is 64.4 cm³/mol. The van der Waals surface area contributed by atoms with Crippen LogP contribution < -0.4 is 5.32 Å². The number of hydrogen-bond acceptors (Lipinski definition) is 3. The topological polar surface area (TPSA) is 52.6 Å². The Bertz CT molecular complexity index is 209. The molecule has 1 fully saturated rings. The van der Waals surface area contributed by atoms with Crippen molar-refractivity contribution >= 4 is 5.97 Å². The van der Waals surface area contributed by atoms with E-state index in [9.17, 15) is 4.79 Å². The van der Waals surface area contributed by atoms with Crippen molar-refractivity contribution < 1.29 is 9.90 Å². The van der Waals surface area contributed by atoms with Crippen LogP contribution in [-0.2, 0) is 4.79 Å². The van der Waals surface area contributed by atoms with E-state index in [1.54, 1.807) is 0 Å². The quantitative estimate of drug-likeness (QED) is 0.620. The molecule has 0 amide bonds. The number of hydrogen-bond donors (Lipinski definition) is 2. The fraction of sp³-hybridized carbons (Fsp3) is 0.917. The van der Waals surface area contributed by atoms with Crippen LogP contribution in [0.2, 0.25) is 0 Å². The second kappa shape index (κ2) is 7.63. The number of unbranched alkanes of at least 4 members (excludes halogenated alkanes) is 5. The van der Waals surface area contributed by atoms with Crippen LogP contribution in [0.5, 0.6) is 0 Å². The molecule has 16 heavy (non-hydrogen) atoms. The molecule has 1 aliphatic heterocycles. The lowest BCUT2D eigenvalue weighted by atomic mass is 10.1. The van der Waals surface area contributed by atoms with Gasteiger partial charge in [0, 0.05) is 19.6 Å². The van der Waals surface area contributed by atoms with Gasteiger partial charge in [0.15, 0.2) is 6.17 Å². The first kappa shape index (κ1) is 13.5. The average Bonchev–Trinajstić information content (AvgIpc) is 2.71. The van der Waals surface area contributed by atoms with Gasteiger partial charge in [0.1, 0.15) is 0 Å². The van der Waals surface area contributed by atoms with Gasteiger partial charge in [0.2, 0.25) is 0 Å². The van der Waals surface area contributed by atoms with Gasteiger partial charge in [-0.15, -0.1) is 0 Å². The van der Waals surface area contributed by atoms with E-state index in [2.05, 4.69) is 12.2 Å². The third-order valence-corrected chi connectivity index (χ3v) is 3.13. The van der Waals surface area contributed by atoms with E-state index in [1.165, 1.54) is 32.1 Å². The monoisotopic (exact) mass is 228 g/mol. The number of rotatable bonds is 8. The van der Waals surface area contributed by atoms with Crippen LogP contribution in [0.3, 0.4) is 0 Å². The molecule has 0 saturated carbocycles. The maximum absolute atomic E-state index is 10.9. The van der Waals surface area contributed by atoms with Gasteiger partial charge in [-0.3, -0.25) is 10.2 Å². The molecule has 0 aromatic heterocycles. The van der Waals surface area contributed by atoms with Crippen molar-refractivity contribution in [2.75, 3.05) is 19.6 Å². The highest BCUT2D eigenvalue weighted by molar-refractivity contribution is 5.73. The molecule has 0 aromatic carbocycles. The Kier molecular flexibility index (Phi) is 6.42. The van der Waals surface area contributed by atoms with Crippen molar-refractivity contribution in [2.45, 2.75) is 51.6 Å². The van der Waals surface area contributed by atoms with Crippen molar-refractivity contribution in [2.24, 2.45) is 0 Å². The summed E-state index contributed by atoms with van der Waals surface area (Å²) in [5.41, 5.74) is 0. The van der Waals surface area contributed by atoms with Crippen molar-refractivity contribution in [1.29, 1.82) is 0 Å². The summed E-state index contributed by atoms with van der Waals surface area (Å²) in [6.07, 6.45) is 7.10. The van der Waals surface area contributed by atoms with Gasteiger partial charge in [-0.2, -0.15) is 0 Å². The molecule has 0 radical (unpaired) electrons. The number of aliphatic carboxylic acids is 1. The SMILES string of the molecule is CCCCCCCCN1CCNC1C(=O)O. The molecular formula is C12H24N2O2. The minimum Gasteiger partial charge on any atom is -0.479 e. The summed E-state index contributed by atoms with van der Waals surface area (Å²) in [5, 5.41) is 11.9. The molecule has 1 aliphatic rings. The maximum Gasteiger partial charge on any atom is 0.335 e. The molecule has 4 heteroatoms. The van der Waals surface area contributed by atoms with Gasteiger partial charge in [0.05, 0.1) is 0 Å². The Morgan fingerprint density at radius 2 is 2.00 bits per heavy atom. The van der Waals surface area contributed by atoms with E-state index >= 15 is 0 Å². The van der Waals surface area contributed by atoms with Gasteiger partial charge < -0.3 is 5.11 Å². The van der Waals surface area contributed by atoms with Crippen LogP contribution in [0.25, 0.3) is 0 Å². The Morgan fingerprint density at radius 1 is 1.31 bits per heavy atom. The Balaban J connectivity index is 2.05. The van der Waals surface area contributed by atoms with Crippen LogP contribution in [0.15, 0.2) is 0 Å². The van der Waals surface area contributed by atoms with Crippen LogP contribution >= 0.6 is 0 Å². The first-order valence-electron chi connectivity index (χ1n) is 6.46. The molecule has 0 bridgehead atoms. The standard InChI is InChI=1S/C12H24N2O2/c1-2-3-4-5-6-7-9-14-10-8-13-11(14)12(15)16/h11,13H,2-10H2,1H3,(H,15,16). The van der Waals surface area contributed by atoms with Crippen LogP contribution in [-0.4, -0.2) is 41.8 Å². The van der Waals surface area contributed by atoms with Crippen LogP contribution in [0.4, 0.5) is 0 Å². The zero-order chi connectivity index (χ0) is 11.8. The second-order valence-corrected chi connectivity index (χ2v) is 4.50. The molecule has 1 heterocycles. The number of nitrogens with zero attached hydrogens (tertiary/aromatic N) is 1. The molecular weight excluding hydrogens is 204 g/mol. The summed E-state index contributed by atoms with van der Waals surface area (Å²) >= 11 is 0. The lowest BCUT2D eigenvalue weighted by Gasteiger charge is -2.19. The highest BCUT2D eigenvalue weighted by atomic mass is 16.4. The molecule has 94 valence electrons. The number of carboxylic acid groups (broad SMARTS) is 1.